The molecule has 0 aliphatic carbocycles. The summed E-state index contributed by atoms with van der Waals surface area (Å²) in [6.07, 6.45) is 0. The summed E-state index contributed by atoms with van der Waals surface area (Å²) in [6.45, 7) is -0.156. The molecule has 0 radical (unpaired) electrons. The van der Waals surface area contributed by atoms with Crippen LogP contribution in [0.25, 0.3) is 0 Å². The molecule has 0 atom stereocenters. The molecule has 1 aromatic carbocycles. The SMILES string of the molecule is COC(=O)CN(C)C(=O)c1cc(Cl)c(OC)c(Cl)c1. The van der Waals surface area contributed by atoms with Crippen molar-refractivity contribution in [2.45, 2.75) is 0 Å². The molecule has 1 aromatic rings. The number of carbonyl (C=O) groups excluding carboxylic acids is 2. The van der Waals surface area contributed by atoms with Crippen LogP contribution in [0.1, 0.15) is 10.4 Å². The quantitative estimate of drug-likeness (QED) is 0.801. The lowest BCUT2D eigenvalue weighted by Crippen LogP contribution is -2.32. The van der Waals surface area contributed by atoms with Crippen molar-refractivity contribution in [3.63, 3.8) is 0 Å². The second kappa shape index (κ2) is 6.63. The number of amides is 1. The first-order chi connectivity index (χ1) is 8.90. The lowest BCUT2D eigenvalue weighted by atomic mass is 10.2. The molecule has 1 amide bonds. The molecule has 0 saturated heterocycles. The molecule has 7 heteroatoms. The molecule has 0 aliphatic heterocycles. The third-order valence-corrected chi connectivity index (χ3v) is 2.95. The molecule has 0 aliphatic rings. The van der Waals surface area contributed by atoms with Gasteiger partial charge in [0.2, 0.25) is 0 Å². The molecule has 0 N–H and O–H groups in total. The summed E-state index contributed by atoms with van der Waals surface area (Å²) in [6, 6.07) is 2.87. The Labute approximate surface area is 121 Å². The van der Waals surface area contributed by atoms with Gasteiger partial charge in [-0.2, -0.15) is 0 Å². The molecule has 0 heterocycles. The van der Waals surface area contributed by atoms with Crippen molar-refractivity contribution in [3.05, 3.63) is 27.7 Å². The fourth-order valence-corrected chi connectivity index (χ4v) is 2.07. The summed E-state index contributed by atoms with van der Waals surface area (Å²) in [7, 11) is 4.16. The zero-order valence-electron chi connectivity index (χ0n) is 10.7. The standard InChI is InChI=1S/C12H13Cl2NO4/c1-15(6-10(16)18-2)12(17)7-4-8(13)11(19-3)9(14)5-7/h4-5H,6H2,1-3H3. The van der Waals surface area contributed by atoms with E-state index in [1.807, 2.05) is 0 Å². The Bertz CT molecular complexity index is 481. The van der Waals surface area contributed by atoms with E-state index in [2.05, 4.69) is 4.74 Å². The topological polar surface area (TPSA) is 55.8 Å². The van der Waals surface area contributed by atoms with E-state index in [0.717, 1.165) is 0 Å². The van der Waals surface area contributed by atoms with Gasteiger partial charge in [-0.05, 0) is 12.1 Å². The summed E-state index contributed by atoms with van der Waals surface area (Å²) < 4.78 is 9.48. The molecular formula is C12H13Cl2NO4. The minimum Gasteiger partial charge on any atom is -0.494 e. The summed E-state index contributed by atoms with van der Waals surface area (Å²) in [5.41, 5.74) is 0.266. The highest BCUT2D eigenvalue weighted by Gasteiger charge is 2.18. The highest BCUT2D eigenvalue weighted by atomic mass is 35.5. The molecule has 0 bridgehead atoms. The number of rotatable bonds is 4. The van der Waals surface area contributed by atoms with Gasteiger partial charge in [0.05, 0.1) is 24.3 Å². The van der Waals surface area contributed by atoms with E-state index in [1.54, 1.807) is 0 Å². The van der Waals surface area contributed by atoms with Gasteiger partial charge in [-0.15, -0.1) is 0 Å². The van der Waals surface area contributed by atoms with E-state index < -0.39 is 11.9 Å². The second-order valence-corrected chi connectivity index (χ2v) is 4.52. The lowest BCUT2D eigenvalue weighted by Gasteiger charge is -2.16. The number of nitrogens with zero attached hydrogens (tertiary/aromatic N) is 1. The Morgan fingerprint density at radius 2 is 1.74 bits per heavy atom. The maximum atomic E-state index is 12.1. The van der Waals surface area contributed by atoms with Crippen LogP contribution in [-0.2, 0) is 9.53 Å². The van der Waals surface area contributed by atoms with Gasteiger partial charge in [0, 0.05) is 12.6 Å². The van der Waals surface area contributed by atoms with E-state index >= 15 is 0 Å². The molecule has 104 valence electrons. The van der Waals surface area contributed by atoms with Crippen LogP contribution in [0.4, 0.5) is 0 Å². The highest BCUT2D eigenvalue weighted by Crippen LogP contribution is 2.34. The van der Waals surface area contributed by atoms with E-state index in [9.17, 15) is 9.59 Å². The van der Waals surface area contributed by atoms with Crippen LogP contribution in [0.2, 0.25) is 10.0 Å². The molecule has 0 fully saturated rings. The molecule has 0 spiro atoms. The Morgan fingerprint density at radius 1 is 1.21 bits per heavy atom. The van der Waals surface area contributed by atoms with Crippen molar-refractivity contribution in [3.8, 4) is 5.75 Å². The average Bonchev–Trinajstić information content (AvgIpc) is 2.37. The summed E-state index contributed by atoms with van der Waals surface area (Å²) in [4.78, 5) is 24.4. The van der Waals surface area contributed by atoms with Crippen molar-refractivity contribution < 1.29 is 19.1 Å². The molecule has 0 unspecified atom stereocenters. The predicted octanol–water partition coefficient (Wildman–Crippen LogP) is 2.25. The summed E-state index contributed by atoms with van der Waals surface area (Å²) in [5, 5.41) is 0.453. The Balaban J connectivity index is 2.97. The Morgan fingerprint density at radius 3 is 2.16 bits per heavy atom. The number of halogens is 2. The number of methoxy groups -OCH3 is 2. The zero-order valence-corrected chi connectivity index (χ0v) is 12.2. The normalized spacial score (nSPS) is 9.95. The van der Waals surface area contributed by atoms with Crippen LogP contribution < -0.4 is 4.74 Å². The van der Waals surface area contributed by atoms with Crippen molar-refractivity contribution in [2.75, 3.05) is 27.8 Å². The number of ether oxygens (including phenoxy) is 2. The van der Waals surface area contributed by atoms with Crippen LogP contribution in [0.15, 0.2) is 12.1 Å². The second-order valence-electron chi connectivity index (χ2n) is 3.71. The zero-order chi connectivity index (χ0) is 14.6. The van der Waals surface area contributed by atoms with Gasteiger partial charge in [0.1, 0.15) is 6.54 Å². The minimum absolute atomic E-state index is 0.156. The highest BCUT2D eigenvalue weighted by molar-refractivity contribution is 6.37. The maximum absolute atomic E-state index is 12.1. The van der Waals surface area contributed by atoms with Gasteiger partial charge >= 0.3 is 5.97 Å². The van der Waals surface area contributed by atoms with E-state index in [1.165, 1.54) is 38.3 Å². The number of hydrogen-bond acceptors (Lipinski definition) is 4. The van der Waals surface area contributed by atoms with Gasteiger partial charge in [0.15, 0.2) is 5.75 Å². The average molecular weight is 306 g/mol. The summed E-state index contributed by atoms with van der Waals surface area (Å²) in [5.74, 6) is -0.603. The van der Waals surface area contributed by atoms with E-state index in [0.29, 0.717) is 5.75 Å². The van der Waals surface area contributed by atoms with Crippen LogP contribution in [0, 0.1) is 0 Å². The number of esters is 1. The molecule has 0 saturated carbocycles. The smallest absolute Gasteiger partial charge is 0.325 e. The largest absolute Gasteiger partial charge is 0.494 e. The third-order valence-electron chi connectivity index (χ3n) is 2.39. The molecule has 0 aromatic heterocycles. The van der Waals surface area contributed by atoms with Crippen LogP contribution in [-0.4, -0.2) is 44.6 Å². The van der Waals surface area contributed by atoms with Crippen LogP contribution in [0.5, 0.6) is 5.75 Å². The van der Waals surface area contributed by atoms with Gasteiger partial charge in [0.25, 0.3) is 5.91 Å². The monoisotopic (exact) mass is 305 g/mol. The molecule has 19 heavy (non-hydrogen) atoms. The van der Waals surface area contributed by atoms with Crippen LogP contribution in [0.3, 0.4) is 0 Å². The fourth-order valence-electron chi connectivity index (χ4n) is 1.43. The third kappa shape index (κ3) is 3.75. The molecular weight excluding hydrogens is 293 g/mol. The van der Waals surface area contributed by atoms with Gasteiger partial charge in [-0.3, -0.25) is 9.59 Å². The first-order valence-electron chi connectivity index (χ1n) is 5.26. The van der Waals surface area contributed by atoms with Crippen LogP contribution >= 0.6 is 23.2 Å². The number of carbonyl (C=O) groups is 2. The first-order valence-corrected chi connectivity index (χ1v) is 6.01. The van der Waals surface area contributed by atoms with E-state index in [-0.39, 0.29) is 22.2 Å². The maximum Gasteiger partial charge on any atom is 0.325 e. The first kappa shape index (κ1) is 15.6. The molecule has 1 rings (SSSR count). The van der Waals surface area contributed by atoms with Gasteiger partial charge < -0.3 is 14.4 Å². The van der Waals surface area contributed by atoms with Crippen molar-refractivity contribution in [1.82, 2.24) is 4.90 Å². The Hall–Kier alpha value is -1.46. The van der Waals surface area contributed by atoms with Crippen molar-refractivity contribution in [2.24, 2.45) is 0 Å². The number of benzene rings is 1. The number of likely N-dealkylation sites (N-methyl/N-ethyl adjacent to an activating group) is 1. The fraction of sp³-hybridized carbons (Fsp3) is 0.333. The van der Waals surface area contributed by atoms with Crippen molar-refractivity contribution >= 4 is 35.1 Å². The minimum atomic E-state index is -0.512. The molecule has 5 nitrogen and oxygen atoms in total. The van der Waals surface area contributed by atoms with E-state index in [4.69, 9.17) is 27.9 Å². The summed E-state index contributed by atoms with van der Waals surface area (Å²) >= 11 is 11.9. The Kier molecular flexibility index (Phi) is 5.44. The van der Waals surface area contributed by atoms with Gasteiger partial charge in [-0.1, -0.05) is 23.2 Å². The predicted molar refractivity (Wildman–Crippen MR) is 72.0 cm³/mol. The lowest BCUT2D eigenvalue weighted by molar-refractivity contribution is -0.141. The van der Waals surface area contributed by atoms with Gasteiger partial charge in [-0.25, -0.2) is 0 Å². The number of hydrogen-bond donors (Lipinski definition) is 0. The van der Waals surface area contributed by atoms with Crippen molar-refractivity contribution in [1.29, 1.82) is 0 Å².